The molecule has 2 aromatic rings. The molecule has 0 spiro atoms. The van der Waals surface area contributed by atoms with E-state index in [0.717, 1.165) is 19.5 Å². The summed E-state index contributed by atoms with van der Waals surface area (Å²) in [4.78, 5) is 4.15. The van der Waals surface area contributed by atoms with Crippen LogP contribution in [-0.4, -0.2) is 18.1 Å². The molecule has 4 nitrogen and oxygen atoms in total. The lowest BCUT2D eigenvalue weighted by atomic mass is 10.0. The highest BCUT2D eigenvalue weighted by Crippen LogP contribution is 2.39. The van der Waals surface area contributed by atoms with Gasteiger partial charge in [0.15, 0.2) is 11.9 Å². The first-order valence-corrected chi connectivity index (χ1v) is 7.32. The summed E-state index contributed by atoms with van der Waals surface area (Å²) in [7, 11) is 0. The Kier molecular flexibility index (Phi) is 4.33. The van der Waals surface area contributed by atoms with Crippen molar-refractivity contribution in [1.29, 1.82) is 0 Å². The Hall–Kier alpha value is -1.30. The van der Waals surface area contributed by atoms with Crippen LogP contribution in [0.25, 0.3) is 0 Å². The summed E-state index contributed by atoms with van der Waals surface area (Å²) in [6.45, 7) is 1.68. The molecule has 0 bridgehead atoms. The molecule has 0 radical (unpaired) electrons. The van der Waals surface area contributed by atoms with Crippen LogP contribution in [0.5, 0.6) is 5.75 Å². The number of halogens is 3. The van der Waals surface area contributed by atoms with Crippen molar-refractivity contribution in [2.75, 3.05) is 13.1 Å². The molecule has 1 saturated heterocycles. The number of rotatable bonds is 4. The van der Waals surface area contributed by atoms with E-state index in [1.807, 2.05) is 0 Å². The molecule has 2 unspecified atom stereocenters. The van der Waals surface area contributed by atoms with Crippen molar-refractivity contribution in [3.63, 3.8) is 0 Å². The van der Waals surface area contributed by atoms with E-state index in [-0.39, 0.29) is 21.7 Å². The molecule has 2 atom stereocenters. The van der Waals surface area contributed by atoms with Gasteiger partial charge in [0, 0.05) is 12.5 Å². The average molecular weight is 331 g/mol. The van der Waals surface area contributed by atoms with Gasteiger partial charge in [-0.15, -0.1) is 0 Å². The predicted octanol–water partition coefficient (Wildman–Crippen LogP) is 3.85. The maximum atomic E-state index is 13.3. The number of benzene rings is 1. The summed E-state index contributed by atoms with van der Waals surface area (Å²) in [6.07, 6.45) is 3.54. The monoisotopic (exact) mass is 330 g/mol. The number of nitrogens with one attached hydrogen (secondary N) is 1. The van der Waals surface area contributed by atoms with Gasteiger partial charge in [-0.05, 0) is 25.1 Å². The first kappa shape index (κ1) is 14.6. The molecule has 21 heavy (non-hydrogen) atoms. The Morgan fingerprint density at radius 1 is 1.38 bits per heavy atom. The van der Waals surface area contributed by atoms with Crippen molar-refractivity contribution in [3.05, 3.63) is 46.3 Å². The molecule has 1 N–H and O–H groups in total. The zero-order valence-electron chi connectivity index (χ0n) is 11.0. The van der Waals surface area contributed by atoms with E-state index in [2.05, 4.69) is 10.3 Å². The summed E-state index contributed by atoms with van der Waals surface area (Å²) in [5, 5.41) is 3.52. The molecule has 2 heterocycles. The van der Waals surface area contributed by atoms with Gasteiger partial charge < -0.3 is 14.5 Å². The molecule has 0 saturated carbocycles. The lowest BCUT2D eigenvalue weighted by Crippen LogP contribution is -2.22. The smallest absolute Gasteiger partial charge is 0.235 e. The van der Waals surface area contributed by atoms with Crippen LogP contribution in [0.1, 0.15) is 18.4 Å². The van der Waals surface area contributed by atoms with Crippen molar-refractivity contribution in [1.82, 2.24) is 10.3 Å². The van der Waals surface area contributed by atoms with Gasteiger partial charge in [-0.3, -0.25) is 0 Å². The van der Waals surface area contributed by atoms with Crippen LogP contribution in [0.3, 0.4) is 0 Å². The minimum absolute atomic E-state index is 0.127. The van der Waals surface area contributed by atoms with Gasteiger partial charge >= 0.3 is 0 Å². The molecule has 1 aromatic heterocycles. The Morgan fingerprint density at radius 2 is 2.14 bits per heavy atom. The second-order valence-corrected chi connectivity index (χ2v) is 5.67. The van der Waals surface area contributed by atoms with Crippen LogP contribution in [0.15, 0.2) is 29.0 Å². The van der Waals surface area contributed by atoms with E-state index in [1.54, 1.807) is 6.20 Å². The third-order valence-electron chi connectivity index (χ3n) is 3.43. The highest BCUT2D eigenvalue weighted by atomic mass is 35.5. The SMILES string of the molecule is Fc1cc(Cl)c(OC(c2ncco2)C2CCNC2)c(Cl)c1. The van der Waals surface area contributed by atoms with E-state index < -0.39 is 11.9 Å². The van der Waals surface area contributed by atoms with Crippen molar-refractivity contribution in [2.45, 2.75) is 12.5 Å². The van der Waals surface area contributed by atoms with E-state index in [0.29, 0.717) is 5.89 Å². The number of oxazole rings is 1. The zero-order chi connectivity index (χ0) is 14.8. The molecule has 1 aliphatic heterocycles. The lowest BCUT2D eigenvalue weighted by molar-refractivity contribution is 0.114. The fourth-order valence-corrected chi connectivity index (χ4v) is 2.98. The van der Waals surface area contributed by atoms with Crippen LogP contribution in [0, 0.1) is 11.7 Å². The van der Waals surface area contributed by atoms with Crippen molar-refractivity contribution in [3.8, 4) is 5.75 Å². The van der Waals surface area contributed by atoms with E-state index in [1.165, 1.54) is 18.4 Å². The van der Waals surface area contributed by atoms with Crippen molar-refractivity contribution in [2.24, 2.45) is 5.92 Å². The zero-order valence-corrected chi connectivity index (χ0v) is 12.5. The molecular formula is C14H13Cl2FN2O2. The van der Waals surface area contributed by atoms with E-state index in [4.69, 9.17) is 32.4 Å². The normalized spacial score (nSPS) is 19.7. The van der Waals surface area contributed by atoms with Crippen LogP contribution >= 0.6 is 23.2 Å². The fourth-order valence-electron chi connectivity index (χ4n) is 2.43. The minimum Gasteiger partial charge on any atom is -0.477 e. The largest absolute Gasteiger partial charge is 0.477 e. The third kappa shape index (κ3) is 3.15. The summed E-state index contributed by atoms with van der Waals surface area (Å²) in [6, 6.07) is 2.34. The molecule has 1 fully saturated rings. The van der Waals surface area contributed by atoms with Gasteiger partial charge in [-0.1, -0.05) is 23.2 Å². The Labute approximate surface area is 131 Å². The van der Waals surface area contributed by atoms with Crippen LogP contribution < -0.4 is 10.1 Å². The van der Waals surface area contributed by atoms with E-state index in [9.17, 15) is 4.39 Å². The number of nitrogens with zero attached hydrogens (tertiary/aromatic N) is 1. The second-order valence-electron chi connectivity index (χ2n) is 4.86. The van der Waals surface area contributed by atoms with Crippen molar-refractivity contribution < 1.29 is 13.5 Å². The van der Waals surface area contributed by atoms with Crippen LogP contribution in [-0.2, 0) is 0 Å². The molecule has 0 aliphatic carbocycles. The molecule has 3 rings (SSSR count). The van der Waals surface area contributed by atoms with Gasteiger partial charge in [-0.25, -0.2) is 9.37 Å². The molecule has 1 aliphatic rings. The van der Waals surface area contributed by atoms with Gasteiger partial charge in [0.25, 0.3) is 0 Å². The maximum Gasteiger partial charge on any atom is 0.235 e. The summed E-state index contributed by atoms with van der Waals surface area (Å²) in [5.41, 5.74) is 0. The number of ether oxygens (including phenoxy) is 1. The number of hydrogen-bond donors (Lipinski definition) is 1. The molecule has 1 aromatic carbocycles. The van der Waals surface area contributed by atoms with Gasteiger partial charge in [0.2, 0.25) is 5.89 Å². The maximum absolute atomic E-state index is 13.3. The first-order chi connectivity index (χ1) is 10.1. The van der Waals surface area contributed by atoms with Crippen molar-refractivity contribution >= 4 is 23.2 Å². The van der Waals surface area contributed by atoms with Gasteiger partial charge in [-0.2, -0.15) is 0 Å². The predicted molar refractivity (Wildman–Crippen MR) is 77.3 cm³/mol. The quantitative estimate of drug-likeness (QED) is 0.924. The van der Waals surface area contributed by atoms with Crippen LogP contribution in [0.2, 0.25) is 10.0 Å². The first-order valence-electron chi connectivity index (χ1n) is 6.56. The topological polar surface area (TPSA) is 47.3 Å². The Morgan fingerprint density at radius 3 is 2.71 bits per heavy atom. The fraction of sp³-hybridized carbons (Fsp3) is 0.357. The Bertz CT molecular complexity index is 592. The van der Waals surface area contributed by atoms with Crippen LogP contribution in [0.4, 0.5) is 4.39 Å². The summed E-state index contributed by atoms with van der Waals surface area (Å²) < 4.78 is 24.5. The van der Waals surface area contributed by atoms with Gasteiger partial charge in [0.05, 0.1) is 16.2 Å². The highest BCUT2D eigenvalue weighted by molar-refractivity contribution is 6.37. The molecule has 112 valence electrons. The highest BCUT2D eigenvalue weighted by Gasteiger charge is 2.32. The molecule has 7 heteroatoms. The molecular weight excluding hydrogens is 318 g/mol. The summed E-state index contributed by atoms with van der Waals surface area (Å²) in [5.74, 6) is 0.378. The second kappa shape index (κ2) is 6.22. The standard InChI is InChI=1S/C14H13Cl2FN2O2/c15-10-5-9(17)6-11(16)13(10)21-12(8-1-2-18-7-8)14-19-3-4-20-14/h3-6,8,12,18H,1-2,7H2. The number of hydrogen-bond acceptors (Lipinski definition) is 4. The number of aromatic nitrogens is 1. The summed E-state index contributed by atoms with van der Waals surface area (Å²) >= 11 is 12.1. The van der Waals surface area contributed by atoms with E-state index >= 15 is 0 Å². The third-order valence-corrected chi connectivity index (χ3v) is 3.99. The lowest BCUT2D eigenvalue weighted by Gasteiger charge is -2.22. The minimum atomic E-state index is -0.507. The average Bonchev–Trinajstić information content (AvgIpc) is 3.11. The van der Waals surface area contributed by atoms with Gasteiger partial charge in [0.1, 0.15) is 12.1 Å². The Balaban J connectivity index is 1.91. The molecule has 0 amide bonds.